The normalized spacial score (nSPS) is 23.6. The van der Waals surface area contributed by atoms with Crippen LogP contribution < -0.4 is 5.32 Å². The Morgan fingerprint density at radius 3 is 3.39 bits per heavy atom. The highest BCUT2D eigenvalue weighted by Crippen LogP contribution is 2.23. The van der Waals surface area contributed by atoms with Crippen LogP contribution in [-0.4, -0.2) is 38.8 Å². The molecule has 2 atom stereocenters. The molecule has 0 bridgehead atoms. The number of nitrogens with one attached hydrogen (secondary N) is 1. The number of nitrogens with zero attached hydrogens (tertiary/aromatic N) is 4. The molecule has 3 heterocycles. The number of ether oxygens (including phenoxy) is 1. The van der Waals surface area contributed by atoms with E-state index in [-0.39, 0.29) is 0 Å². The molecule has 0 aromatic carbocycles. The van der Waals surface area contributed by atoms with Gasteiger partial charge in [0.1, 0.15) is 6.33 Å². The number of rotatable bonds is 4. The predicted molar refractivity (Wildman–Crippen MR) is 67.4 cm³/mol. The van der Waals surface area contributed by atoms with Crippen molar-refractivity contribution in [1.82, 2.24) is 19.6 Å². The van der Waals surface area contributed by atoms with E-state index in [2.05, 4.69) is 27.4 Å². The molecule has 96 valence electrons. The lowest BCUT2D eigenvalue weighted by molar-refractivity contribution is 0.0900. The standard InChI is InChI=1S/C12H17N5O/c1-2-10-9(3-6-18-10)7-14-11-12-16-15-8-17(12)5-4-13-11/h4-5,8-10H,2-3,6-7H2,1H3,(H,13,14). The highest BCUT2D eigenvalue weighted by Gasteiger charge is 2.26. The minimum atomic E-state index is 0.370. The van der Waals surface area contributed by atoms with E-state index in [1.54, 1.807) is 12.5 Å². The molecule has 18 heavy (non-hydrogen) atoms. The van der Waals surface area contributed by atoms with Crippen molar-refractivity contribution in [2.24, 2.45) is 5.92 Å². The molecule has 1 N–H and O–H groups in total. The number of hydrogen-bond acceptors (Lipinski definition) is 5. The lowest BCUT2D eigenvalue weighted by Crippen LogP contribution is -2.23. The van der Waals surface area contributed by atoms with Gasteiger partial charge >= 0.3 is 0 Å². The first-order valence-electron chi connectivity index (χ1n) is 6.38. The van der Waals surface area contributed by atoms with Crippen LogP contribution in [0.25, 0.3) is 5.65 Å². The number of anilines is 1. The topological polar surface area (TPSA) is 64.3 Å². The Hall–Kier alpha value is -1.69. The van der Waals surface area contributed by atoms with Crippen molar-refractivity contribution in [2.45, 2.75) is 25.9 Å². The molecular formula is C12H17N5O. The molecule has 6 heteroatoms. The fourth-order valence-electron chi connectivity index (χ4n) is 2.49. The lowest BCUT2D eigenvalue weighted by Gasteiger charge is -2.17. The van der Waals surface area contributed by atoms with Crippen LogP contribution in [0.4, 0.5) is 5.82 Å². The van der Waals surface area contributed by atoms with Gasteiger partial charge in [-0.3, -0.25) is 4.40 Å². The van der Waals surface area contributed by atoms with Crippen molar-refractivity contribution < 1.29 is 4.74 Å². The Balaban J connectivity index is 1.71. The van der Waals surface area contributed by atoms with Gasteiger partial charge in [-0.05, 0) is 12.8 Å². The summed E-state index contributed by atoms with van der Waals surface area (Å²) in [6.07, 6.45) is 7.82. The van der Waals surface area contributed by atoms with Crippen molar-refractivity contribution in [3.05, 3.63) is 18.7 Å². The third-order valence-corrected chi connectivity index (χ3v) is 3.50. The van der Waals surface area contributed by atoms with Crippen LogP contribution in [-0.2, 0) is 4.74 Å². The first kappa shape index (κ1) is 11.4. The van der Waals surface area contributed by atoms with Crippen LogP contribution in [0.1, 0.15) is 19.8 Å². The zero-order valence-corrected chi connectivity index (χ0v) is 10.4. The second-order valence-corrected chi connectivity index (χ2v) is 4.58. The maximum Gasteiger partial charge on any atom is 0.203 e. The van der Waals surface area contributed by atoms with Gasteiger partial charge in [0, 0.05) is 31.5 Å². The SMILES string of the molecule is CCC1OCCC1CNc1nccn2cnnc12. The van der Waals surface area contributed by atoms with E-state index in [9.17, 15) is 0 Å². The third-order valence-electron chi connectivity index (χ3n) is 3.50. The monoisotopic (exact) mass is 247 g/mol. The summed E-state index contributed by atoms with van der Waals surface area (Å²) in [5.41, 5.74) is 0.768. The summed E-state index contributed by atoms with van der Waals surface area (Å²) in [6.45, 7) is 3.91. The maximum atomic E-state index is 5.68. The second kappa shape index (κ2) is 4.89. The summed E-state index contributed by atoms with van der Waals surface area (Å²) in [7, 11) is 0. The van der Waals surface area contributed by atoms with E-state index in [0.29, 0.717) is 12.0 Å². The van der Waals surface area contributed by atoms with Crippen LogP contribution in [0.5, 0.6) is 0 Å². The van der Waals surface area contributed by atoms with Crippen molar-refractivity contribution in [3.8, 4) is 0 Å². The van der Waals surface area contributed by atoms with Gasteiger partial charge in [-0.2, -0.15) is 0 Å². The number of aromatic nitrogens is 4. The molecule has 2 aromatic heterocycles. The molecule has 1 aliphatic heterocycles. The summed E-state index contributed by atoms with van der Waals surface area (Å²) < 4.78 is 7.54. The zero-order chi connectivity index (χ0) is 12.4. The molecular weight excluding hydrogens is 230 g/mol. The van der Waals surface area contributed by atoms with Crippen LogP contribution >= 0.6 is 0 Å². The lowest BCUT2D eigenvalue weighted by atomic mass is 10.00. The summed E-state index contributed by atoms with van der Waals surface area (Å²) in [5, 5.41) is 11.3. The third kappa shape index (κ3) is 2.03. The average Bonchev–Trinajstić information content (AvgIpc) is 3.04. The van der Waals surface area contributed by atoms with E-state index in [4.69, 9.17) is 4.74 Å². The Morgan fingerprint density at radius 1 is 1.56 bits per heavy atom. The van der Waals surface area contributed by atoms with Gasteiger partial charge in [0.15, 0.2) is 5.82 Å². The maximum absolute atomic E-state index is 5.68. The Bertz CT molecular complexity index is 526. The molecule has 0 radical (unpaired) electrons. The highest BCUT2D eigenvalue weighted by atomic mass is 16.5. The summed E-state index contributed by atoms with van der Waals surface area (Å²) in [5.74, 6) is 1.34. The molecule has 1 fully saturated rings. The van der Waals surface area contributed by atoms with Crippen molar-refractivity contribution in [3.63, 3.8) is 0 Å². The molecule has 1 saturated heterocycles. The van der Waals surface area contributed by atoms with Crippen LogP contribution in [0.3, 0.4) is 0 Å². The largest absolute Gasteiger partial charge is 0.378 e. The van der Waals surface area contributed by atoms with Crippen molar-refractivity contribution in [2.75, 3.05) is 18.5 Å². The summed E-state index contributed by atoms with van der Waals surface area (Å²) >= 11 is 0. The molecule has 6 nitrogen and oxygen atoms in total. The van der Waals surface area contributed by atoms with Gasteiger partial charge in [0.05, 0.1) is 6.10 Å². The molecule has 0 amide bonds. The first-order valence-corrected chi connectivity index (χ1v) is 6.38. The fourth-order valence-corrected chi connectivity index (χ4v) is 2.49. The van der Waals surface area contributed by atoms with Gasteiger partial charge in [0.25, 0.3) is 0 Å². The van der Waals surface area contributed by atoms with Crippen molar-refractivity contribution in [1.29, 1.82) is 0 Å². The van der Waals surface area contributed by atoms with E-state index in [1.807, 2.05) is 10.6 Å². The highest BCUT2D eigenvalue weighted by molar-refractivity contribution is 5.61. The minimum Gasteiger partial charge on any atom is -0.378 e. The molecule has 2 unspecified atom stereocenters. The van der Waals surface area contributed by atoms with Gasteiger partial charge < -0.3 is 10.1 Å². The van der Waals surface area contributed by atoms with Crippen LogP contribution in [0.15, 0.2) is 18.7 Å². The van der Waals surface area contributed by atoms with Gasteiger partial charge in [-0.25, -0.2) is 4.98 Å². The molecule has 2 aromatic rings. The number of hydrogen-bond donors (Lipinski definition) is 1. The Morgan fingerprint density at radius 2 is 2.50 bits per heavy atom. The molecule has 0 aliphatic carbocycles. The smallest absolute Gasteiger partial charge is 0.203 e. The fraction of sp³-hybridized carbons (Fsp3) is 0.583. The van der Waals surface area contributed by atoms with E-state index < -0.39 is 0 Å². The van der Waals surface area contributed by atoms with Crippen molar-refractivity contribution >= 4 is 11.5 Å². The van der Waals surface area contributed by atoms with E-state index >= 15 is 0 Å². The minimum absolute atomic E-state index is 0.370. The Labute approximate surface area is 105 Å². The quantitative estimate of drug-likeness (QED) is 0.883. The zero-order valence-electron chi connectivity index (χ0n) is 10.4. The summed E-state index contributed by atoms with van der Waals surface area (Å²) in [6, 6.07) is 0. The first-order chi connectivity index (χ1) is 8.88. The van der Waals surface area contributed by atoms with Gasteiger partial charge in [-0.15, -0.1) is 10.2 Å². The van der Waals surface area contributed by atoms with Crippen LogP contribution in [0, 0.1) is 5.92 Å². The molecule has 0 saturated carbocycles. The predicted octanol–water partition coefficient (Wildman–Crippen LogP) is 1.35. The molecule has 0 spiro atoms. The van der Waals surface area contributed by atoms with Gasteiger partial charge in [-0.1, -0.05) is 6.92 Å². The average molecular weight is 247 g/mol. The van der Waals surface area contributed by atoms with E-state index in [1.165, 1.54) is 0 Å². The molecule has 3 rings (SSSR count). The van der Waals surface area contributed by atoms with Gasteiger partial charge in [0.2, 0.25) is 5.65 Å². The van der Waals surface area contributed by atoms with Crippen LogP contribution in [0.2, 0.25) is 0 Å². The molecule has 1 aliphatic rings. The van der Waals surface area contributed by atoms with E-state index in [0.717, 1.165) is 37.5 Å². The Kier molecular flexibility index (Phi) is 3.10. The number of fused-ring (bicyclic) bond motifs is 1. The second-order valence-electron chi connectivity index (χ2n) is 4.58. The summed E-state index contributed by atoms with van der Waals surface area (Å²) in [4.78, 5) is 4.32.